The van der Waals surface area contributed by atoms with Crippen LogP contribution in [0.15, 0.2) is 48.5 Å². The number of benzene rings is 2. The highest BCUT2D eigenvalue weighted by molar-refractivity contribution is 7.80. The molecule has 2 aromatic carbocycles. The largest absolute Gasteiger partial charge is 0.373 e. The van der Waals surface area contributed by atoms with E-state index in [0.29, 0.717) is 28.9 Å². The first-order valence-corrected chi connectivity index (χ1v) is 11.3. The molecule has 0 aliphatic carbocycles. The van der Waals surface area contributed by atoms with Gasteiger partial charge in [-0.1, -0.05) is 58.0 Å². The topological polar surface area (TPSA) is 101 Å². The van der Waals surface area contributed by atoms with Gasteiger partial charge in [-0.3, -0.25) is 14.4 Å². The highest BCUT2D eigenvalue weighted by Crippen LogP contribution is 2.28. The van der Waals surface area contributed by atoms with Gasteiger partial charge in [0.1, 0.15) is 6.04 Å². The van der Waals surface area contributed by atoms with Crippen LogP contribution in [-0.4, -0.2) is 29.4 Å². The first-order chi connectivity index (χ1) is 15.0. The van der Waals surface area contributed by atoms with E-state index >= 15 is 0 Å². The molecule has 2 aromatic rings. The van der Waals surface area contributed by atoms with Gasteiger partial charge in [0.15, 0.2) is 5.78 Å². The minimum Gasteiger partial charge on any atom is -0.373 e. The highest BCUT2D eigenvalue weighted by atomic mass is 32.1. The summed E-state index contributed by atoms with van der Waals surface area (Å²) >= 11 is 4.15. The maximum absolute atomic E-state index is 13.2. The first kappa shape index (κ1) is 25.5. The summed E-state index contributed by atoms with van der Waals surface area (Å²) in [6.07, 6.45) is 1.27. The number of hydrogen-bond acceptors (Lipinski definition) is 5. The second-order valence-corrected chi connectivity index (χ2v) is 9.72. The molecule has 1 unspecified atom stereocenters. The van der Waals surface area contributed by atoms with Crippen molar-refractivity contribution in [3.8, 4) is 0 Å². The van der Waals surface area contributed by atoms with Crippen LogP contribution in [0.5, 0.6) is 0 Å². The minimum atomic E-state index is -0.684. The summed E-state index contributed by atoms with van der Waals surface area (Å²) in [5.41, 5.74) is 7.33. The number of amides is 2. The fourth-order valence-electron chi connectivity index (χ4n) is 3.72. The number of ketones is 1. The van der Waals surface area contributed by atoms with Crippen molar-refractivity contribution >= 4 is 41.6 Å². The molecule has 0 saturated carbocycles. The van der Waals surface area contributed by atoms with Crippen LogP contribution in [0.25, 0.3) is 0 Å². The normalized spacial score (nSPS) is 13.2. The fourth-order valence-corrected chi connectivity index (χ4v) is 3.99. The summed E-state index contributed by atoms with van der Waals surface area (Å²) in [5, 5.41) is 5.90. The summed E-state index contributed by atoms with van der Waals surface area (Å²) in [6, 6.07) is 13.2. The lowest BCUT2D eigenvalue weighted by Gasteiger charge is -2.23. The molecule has 0 saturated heterocycles. The molecule has 0 spiro atoms. The number of nitrogens with one attached hydrogen (secondary N) is 2. The quantitative estimate of drug-likeness (QED) is 0.313. The second kappa shape index (κ2) is 11.2. The van der Waals surface area contributed by atoms with E-state index in [2.05, 4.69) is 51.0 Å². The van der Waals surface area contributed by atoms with Crippen molar-refractivity contribution in [3.63, 3.8) is 0 Å². The van der Waals surface area contributed by atoms with Crippen molar-refractivity contribution in [1.29, 1.82) is 0 Å². The molecule has 172 valence electrons. The summed E-state index contributed by atoms with van der Waals surface area (Å²) in [6.45, 7) is 8.49. The summed E-state index contributed by atoms with van der Waals surface area (Å²) in [7, 11) is 0. The molecule has 2 atom stereocenters. The van der Waals surface area contributed by atoms with E-state index in [1.165, 1.54) is 0 Å². The van der Waals surface area contributed by atoms with E-state index in [0.717, 1.165) is 6.42 Å². The van der Waals surface area contributed by atoms with Crippen LogP contribution in [0, 0.1) is 11.3 Å². The third kappa shape index (κ3) is 7.71. The Kier molecular flexibility index (Phi) is 8.89. The molecule has 2 rings (SSSR count). The summed E-state index contributed by atoms with van der Waals surface area (Å²) in [4.78, 5) is 37.5. The van der Waals surface area contributed by atoms with E-state index in [4.69, 9.17) is 5.73 Å². The minimum absolute atomic E-state index is 0.130. The molecule has 2 amide bonds. The van der Waals surface area contributed by atoms with Gasteiger partial charge in [0.25, 0.3) is 0 Å². The third-order valence-corrected chi connectivity index (χ3v) is 5.30. The van der Waals surface area contributed by atoms with Crippen LogP contribution in [0.4, 0.5) is 11.4 Å². The molecular weight excluding hydrogens is 422 g/mol. The fraction of sp³-hybridized carbons (Fsp3) is 0.400. The number of carbonyl (C=O) groups is 3. The molecule has 6 nitrogen and oxygen atoms in total. The van der Waals surface area contributed by atoms with Crippen LogP contribution >= 0.6 is 12.6 Å². The third-order valence-electron chi connectivity index (χ3n) is 4.94. The number of nitrogens with two attached hydrogens (primary N) is 1. The lowest BCUT2D eigenvalue weighted by atomic mass is 9.84. The summed E-state index contributed by atoms with van der Waals surface area (Å²) < 4.78 is 0. The molecule has 0 fully saturated rings. The van der Waals surface area contributed by atoms with Crippen LogP contribution < -0.4 is 16.4 Å². The lowest BCUT2D eigenvalue weighted by molar-refractivity contribution is -0.118. The second-order valence-electron chi connectivity index (χ2n) is 9.36. The van der Waals surface area contributed by atoms with Gasteiger partial charge < -0.3 is 16.4 Å². The van der Waals surface area contributed by atoms with Crippen molar-refractivity contribution < 1.29 is 14.4 Å². The zero-order chi connectivity index (χ0) is 23.9. The molecule has 0 aliphatic rings. The zero-order valence-corrected chi connectivity index (χ0v) is 20.0. The maximum Gasteiger partial charge on any atom is 0.240 e. The predicted octanol–water partition coefficient (Wildman–Crippen LogP) is 4.51. The molecule has 4 N–H and O–H groups in total. The number of carbonyl (C=O) groups excluding carboxylic acids is 3. The van der Waals surface area contributed by atoms with Crippen molar-refractivity contribution in [3.05, 3.63) is 59.7 Å². The van der Waals surface area contributed by atoms with E-state index in [-0.39, 0.29) is 28.8 Å². The van der Waals surface area contributed by atoms with Crippen molar-refractivity contribution in [2.24, 2.45) is 17.1 Å². The average Bonchev–Trinajstić information content (AvgIpc) is 2.71. The highest BCUT2D eigenvalue weighted by Gasteiger charge is 2.21. The van der Waals surface area contributed by atoms with Gasteiger partial charge in [0, 0.05) is 29.0 Å². The monoisotopic (exact) mass is 455 g/mol. The van der Waals surface area contributed by atoms with Gasteiger partial charge in [-0.05, 0) is 36.0 Å². The molecular formula is C25H33N3O3S. The molecule has 0 heterocycles. The summed E-state index contributed by atoms with van der Waals surface area (Å²) in [5.74, 6) is -0.498. The van der Waals surface area contributed by atoms with E-state index < -0.39 is 11.9 Å². The first-order valence-electron chi connectivity index (χ1n) is 10.7. The molecule has 7 heteroatoms. The van der Waals surface area contributed by atoms with Gasteiger partial charge in [0.05, 0.1) is 5.69 Å². The zero-order valence-electron chi connectivity index (χ0n) is 19.1. The number of primary amides is 1. The van der Waals surface area contributed by atoms with Gasteiger partial charge in [-0.25, -0.2) is 0 Å². The van der Waals surface area contributed by atoms with Crippen LogP contribution in [0.1, 0.15) is 56.5 Å². The van der Waals surface area contributed by atoms with Crippen LogP contribution in [0.2, 0.25) is 0 Å². The van der Waals surface area contributed by atoms with E-state index in [1.807, 2.05) is 6.07 Å². The number of rotatable bonds is 10. The number of hydrogen-bond donors (Lipinski definition) is 4. The van der Waals surface area contributed by atoms with Gasteiger partial charge in [0.2, 0.25) is 11.8 Å². The predicted molar refractivity (Wildman–Crippen MR) is 133 cm³/mol. The Morgan fingerprint density at radius 1 is 1.06 bits per heavy atom. The van der Waals surface area contributed by atoms with Crippen molar-refractivity contribution in [1.82, 2.24) is 0 Å². The lowest BCUT2D eigenvalue weighted by Crippen LogP contribution is -2.36. The van der Waals surface area contributed by atoms with Crippen molar-refractivity contribution in [2.75, 3.05) is 16.4 Å². The Bertz CT molecular complexity index is 955. The Balaban J connectivity index is 2.31. The maximum atomic E-state index is 13.2. The molecule has 32 heavy (non-hydrogen) atoms. The molecule has 0 bridgehead atoms. The molecule has 0 aromatic heterocycles. The Morgan fingerprint density at radius 2 is 1.72 bits per heavy atom. The molecule has 0 radical (unpaired) electrons. The Labute approximate surface area is 195 Å². The molecule has 0 aliphatic heterocycles. The van der Waals surface area contributed by atoms with E-state index in [9.17, 15) is 14.4 Å². The van der Waals surface area contributed by atoms with E-state index in [1.54, 1.807) is 42.5 Å². The van der Waals surface area contributed by atoms with Crippen LogP contribution in [-0.2, 0) is 9.59 Å². The average molecular weight is 456 g/mol. The van der Waals surface area contributed by atoms with Gasteiger partial charge in [-0.15, -0.1) is 0 Å². The standard InChI is InChI=1S/C25H33N3O3S/c1-16(14-25(2,3)4)12-22(29)28-20-11-10-18(27-21(15-32)24(26)31)13-19(20)23(30)17-8-6-5-7-9-17/h5-11,13,16,21,27,32H,12,14-15H2,1-4H3,(H2,26,31)(H,28,29)/t16?,21-/m0/s1. The number of thiol groups is 1. The van der Waals surface area contributed by atoms with Gasteiger partial charge in [-0.2, -0.15) is 12.6 Å². The van der Waals surface area contributed by atoms with Crippen molar-refractivity contribution in [2.45, 2.75) is 46.6 Å². The Hall–Kier alpha value is -2.80. The SMILES string of the molecule is CC(CC(=O)Nc1ccc(N[C@@H](CS)C(N)=O)cc1C(=O)c1ccccc1)CC(C)(C)C. The number of anilines is 2. The van der Waals surface area contributed by atoms with Gasteiger partial charge >= 0.3 is 0 Å². The van der Waals surface area contributed by atoms with Crippen LogP contribution in [0.3, 0.4) is 0 Å². The smallest absolute Gasteiger partial charge is 0.240 e. The Morgan fingerprint density at radius 3 is 2.28 bits per heavy atom.